The molecular weight excluding hydrogens is 735 g/mol. The van der Waals surface area contributed by atoms with Crippen LogP contribution in [-0.4, -0.2) is 71.5 Å². The minimum Gasteiger partial charge on any atom is -0.462 e. The number of aliphatic hydroxyl groups is 2. The number of ether oxygens (including phenoxy) is 2. The van der Waals surface area contributed by atoms with Crippen LogP contribution in [0.1, 0.15) is 162 Å². The summed E-state index contributed by atoms with van der Waals surface area (Å²) in [5.74, 6) is -0.875. The molecule has 0 aliphatic heterocycles. The van der Waals surface area contributed by atoms with Gasteiger partial charge in [-0.15, -0.1) is 0 Å². The minimum absolute atomic E-state index is 0.137. The Bertz CT molecular complexity index is 1180. The highest BCUT2D eigenvalue weighted by molar-refractivity contribution is 7.47. The van der Waals surface area contributed by atoms with Gasteiger partial charge in [-0.3, -0.25) is 23.4 Å². The number of carbonyl (C=O) groups is 3. The van der Waals surface area contributed by atoms with Gasteiger partial charge in [-0.2, -0.15) is 0 Å². The van der Waals surface area contributed by atoms with Crippen LogP contribution in [0.25, 0.3) is 0 Å². The van der Waals surface area contributed by atoms with E-state index in [4.69, 9.17) is 19.1 Å². The lowest BCUT2D eigenvalue weighted by Gasteiger charge is -2.20. The van der Waals surface area contributed by atoms with Crippen LogP contribution < -0.4 is 0 Å². The second kappa shape index (κ2) is 39.2. The lowest BCUT2D eigenvalue weighted by atomic mass is 10.1. The largest absolute Gasteiger partial charge is 0.472 e. The van der Waals surface area contributed by atoms with Crippen LogP contribution in [-0.2, 0) is 37.5 Å². The predicted molar refractivity (Wildman–Crippen MR) is 224 cm³/mol. The lowest BCUT2D eigenvalue weighted by Crippen LogP contribution is -2.29. The summed E-state index contributed by atoms with van der Waals surface area (Å²) in [6.45, 7) is 2.11. The fourth-order valence-corrected chi connectivity index (χ4v) is 6.08. The van der Waals surface area contributed by atoms with Crippen LogP contribution in [0, 0.1) is 0 Å². The Morgan fingerprint density at radius 2 is 1.11 bits per heavy atom. The van der Waals surface area contributed by atoms with Gasteiger partial charge in [0.1, 0.15) is 12.7 Å². The Balaban J connectivity index is 4.46. The number of phosphoric acid groups is 1. The number of unbranched alkanes of at least 4 members (excludes halogenated alkanes) is 14. The molecule has 3 atom stereocenters. The van der Waals surface area contributed by atoms with Gasteiger partial charge in [0.2, 0.25) is 0 Å². The van der Waals surface area contributed by atoms with Crippen LogP contribution in [0.5, 0.6) is 0 Å². The summed E-state index contributed by atoms with van der Waals surface area (Å²) in [7, 11) is -4.64. The molecule has 0 rings (SSSR count). The molecule has 0 heterocycles. The second-order valence-corrected chi connectivity index (χ2v) is 15.5. The zero-order valence-electron chi connectivity index (χ0n) is 34.6. The minimum atomic E-state index is -4.64. The van der Waals surface area contributed by atoms with E-state index < -0.39 is 51.8 Å². The fourth-order valence-electron chi connectivity index (χ4n) is 5.29. The van der Waals surface area contributed by atoms with Crippen molar-refractivity contribution >= 4 is 25.5 Å². The van der Waals surface area contributed by atoms with E-state index in [0.717, 1.165) is 64.2 Å². The standard InChI is InChI=1S/C44H75O11P/c1-3-5-7-8-9-10-11-12-13-14-17-21-24-27-31-35-44(49)55-42(39-54-56(50,51)53-37-41(47)36-45)38-52-43(48)34-30-26-23-20-18-15-16-19-22-25-29-33-40(46)32-28-6-4-2/h10-11,15-16,20,22-23,25,29,33,41-42,45,47H,3-9,12-14,17-19,21,24,26-28,30-32,34-39H2,1-2H3,(H,50,51)/b11-10-,16-15-,23-20-,25-22-,33-29+/t41-,42+/m0/s1. The molecule has 322 valence electrons. The molecule has 0 amide bonds. The van der Waals surface area contributed by atoms with E-state index in [1.165, 1.54) is 44.9 Å². The van der Waals surface area contributed by atoms with Gasteiger partial charge in [0.15, 0.2) is 11.9 Å². The highest BCUT2D eigenvalue weighted by Gasteiger charge is 2.27. The topological polar surface area (TPSA) is 166 Å². The normalized spacial score (nSPS) is 14.4. The summed E-state index contributed by atoms with van der Waals surface area (Å²) in [6, 6.07) is 0. The van der Waals surface area contributed by atoms with E-state index in [1.807, 2.05) is 36.5 Å². The molecule has 0 saturated carbocycles. The number of allylic oxidation sites excluding steroid dienone is 10. The van der Waals surface area contributed by atoms with Crippen molar-refractivity contribution < 1.29 is 52.6 Å². The first-order valence-corrected chi connectivity index (χ1v) is 22.7. The smallest absolute Gasteiger partial charge is 0.462 e. The SMILES string of the molecule is CCCCCC/C=C\CCCCCCCCCC(=O)O[C@H](COC(=O)CCC/C=C\C/C=C\C/C=C\C=C\C(=O)CCCCC)COP(=O)(O)OC[C@@H](O)CO. The van der Waals surface area contributed by atoms with E-state index in [-0.39, 0.29) is 25.2 Å². The maximum Gasteiger partial charge on any atom is 0.472 e. The van der Waals surface area contributed by atoms with Gasteiger partial charge in [-0.05, 0) is 70.3 Å². The number of rotatable bonds is 39. The van der Waals surface area contributed by atoms with Gasteiger partial charge in [-0.25, -0.2) is 4.57 Å². The molecule has 0 saturated heterocycles. The summed E-state index contributed by atoms with van der Waals surface area (Å²) in [4.78, 5) is 46.6. The van der Waals surface area contributed by atoms with Crippen molar-refractivity contribution in [3.8, 4) is 0 Å². The van der Waals surface area contributed by atoms with E-state index in [0.29, 0.717) is 25.7 Å². The molecule has 0 spiro atoms. The number of phosphoric ester groups is 1. The van der Waals surface area contributed by atoms with Gasteiger partial charge in [0, 0.05) is 19.3 Å². The number of hydrogen-bond acceptors (Lipinski definition) is 10. The number of esters is 2. The summed E-state index contributed by atoms with van der Waals surface area (Å²) < 4.78 is 32.6. The van der Waals surface area contributed by atoms with Gasteiger partial charge in [-0.1, -0.05) is 133 Å². The van der Waals surface area contributed by atoms with Crippen LogP contribution in [0.3, 0.4) is 0 Å². The molecule has 0 radical (unpaired) electrons. The Morgan fingerprint density at radius 3 is 1.79 bits per heavy atom. The van der Waals surface area contributed by atoms with Crippen molar-refractivity contribution in [1.29, 1.82) is 0 Å². The summed E-state index contributed by atoms with van der Waals surface area (Å²) in [6.07, 6.45) is 38.9. The van der Waals surface area contributed by atoms with E-state index >= 15 is 0 Å². The molecule has 0 aromatic rings. The molecule has 3 N–H and O–H groups in total. The Hall–Kier alpha value is -2.66. The first-order valence-electron chi connectivity index (χ1n) is 21.2. The molecule has 0 aromatic heterocycles. The molecule has 1 unspecified atom stereocenters. The third-order valence-electron chi connectivity index (χ3n) is 8.62. The summed E-state index contributed by atoms with van der Waals surface area (Å²) >= 11 is 0. The van der Waals surface area contributed by atoms with Gasteiger partial charge >= 0.3 is 19.8 Å². The van der Waals surface area contributed by atoms with Crippen molar-refractivity contribution in [2.75, 3.05) is 26.4 Å². The number of aliphatic hydroxyl groups excluding tert-OH is 2. The highest BCUT2D eigenvalue weighted by Crippen LogP contribution is 2.43. The Kier molecular flexibility index (Phi) is 37.3. The monoisotopic (exact) mass is 811 g/mol. The van der Waals surface area contributed by atoms with Crippen molar-refractivity contribution in [1.82, 2.24) is 0 Å². The maximum absolute atomic E-state index is 12.6. The van der Waals surface area contributed by atoms with E-state index in [1.54, 1.807) is 12.2 Å². The number of hydrogen-bond donors (Lipinski definition) is 3. The summed E-state index contributed by atoms with van der Waals surface area (Å²) in [5.41, 5.74) is 0. The van der Waals surface area contributed by atoms with Crippen LogP contribution >= 0.6 is 7.82 Å². The Labute approximate surface area is 338 Å². The van der Waals surface area contributed by atoms with E-state index in [9.17, 15) is 28.9 Å². The van der Waals surface area contributed by atoms with Crippen LogP contribution in [0.4, 0.5) is 0 Å². The van der Waals surface area contributed by atoms with Crippen molar-refractivity contribution in [3.63, 3.8) is 0 Å². The molecular formula is C44H75O11P. The molecule has 0 fully saturated rings. The lowest BCUT2D eigenvalue weighted by molar-refractivity contribution is -0.161. The van der Waals surface area contributed by atoms with Gasteiger partial charge in [0.05, 0.1) is 19.8 Å². The molecule has 12 heteroatoms. The third-order valence-corrected chi connectivity index (χ3v) is 9.57. The molecule has 0 aliphatic carbocycles. The molecule has 0 aliphatic rings. The predicted octanol–water partition coefficient (Wildman–Crippen LogP) is 10.3. The number of carbonyl (C=O) groups excluding carboxylic acids is 3. The number of ketones is 1. The highest BCUT2D eigenvalue weighted by atomic mass is 31.2. The molecule has 11 nitrogen and oxygen atoms in total. The van der Waals surface area contributed by atoms with Crippen molar-refractivity contribution in [2.24, 2.45) is 0 Å². The van der Waals surface area contributed by atoms with Crippen molar-refractivity contribution in [3.05, 3.63) is 60.8 Å². The van der Waals surface area contributed by atoms with E-state index in [2.05, 4.69) is 30.5 Å². The molecule has 0 aromatic carbocycles. The fraction of sp³-hybridized carbons (Fsp3) is 0.705. The van der Waals surface area contributed by atoms with Gasteiger partial charge < -0.3 is 24.6 Å². The van der Waals surface area contributed by atoms with Gasteiger partial charge in [0.25, 0.3) is 0 Å². The first kappa shape index (κ1) is 53.3. The third kappa shape index (κ3) is 38.2. The zero-order chi connectivity index (χ0) is 41.4. The quantitative estimate of drug-likeness (QED) is 0.0135. The first-order chi connectivity index (χ1) is 27.1. The van der Waals surface area contributed by atoms with Crippen molar-refractivity contribution in [2.45, 2.75) is 174 Å². The van der Waals surface area contributed by atoms with Crippen LogP contribution in [0.15, 0.2) is 60.8 Å². The second-order valence-electron chi connectivity index (χ2n) is 14.0. The average molecular weight is 811 g/mol. The molecule has 56 heavy (non-hydrogen) atoms. The maximum atomic E-state index is 12.6. The molecule has 0 bridgehead atoms. The Morgan fingerprint density at radius 1 is 0.589 bits per heavy atom. The zero-order valence-corrected chi connectivity index (χ0v) is 35.5. The van der Waals surface area contributed by atoms with Crippen LogP contribution in [0.2, 0.25) is 0 Å². The summed E-state index contributed by atoms with van der Waals surface area (Å²) in [5, 5.41) is 18.3. The average Bonchev–Trinajstić information content (AvgIpc) is 3.18.